The molecule has 1 atom stereocenters. The third kappa shape index (κ3) is 5.14. The minimum Gasteiger partial charge on any atom is -0.352 e. The van der Waals surface area contributed by atoms with Crippen molar-refractivity contribution in [1.82, 2.24) is 5.32 Å². The molecule has 0 bridgehead atoms. The molecule has 3 amide bonds. The summed E-state index contributed by atoms with van der Waals surface area (Å²) in [6.45, 7) is 4.58. The fourth-order valence-electron chi connectivity index (χ4n) is 4.07. The van der Waals surface area contributed by atoms with Gasteiger partial charge in [0.15, 0.2) is 0 Å². The van der Waals surface area contributed by atoms with Crippen molar-refractivity contribution in [2.24, 2.45) is 5.92 Å². The van der Waals surface area contributed by atoms with Crippen LogP contribution >= 0.6 is 0 Å². The molecule has 0 saturated carbocycles. The number of benzene rings is 3. The summed E-state index contributed by atoms with van der Waals surface area (Å²) < 4.78 is 13.4. The predicted molar refractivity (Wildman–Crippen MR) is 129 cm³/mol. The Morgan fingerprint density at radius 3 is 2.59 bits per heavy atom. The van der Waals surface area contributed by atoms with E-state index in [2.05, 4.69) is 10.6 Å². The predicted octanol–water partition coefficient (Wildman–Crippen LogP) is 4.36. The Balaban J connectivity index is 1.36. The SMILES string of the molecule is Cc1cccc(N2CC(C(=O)NCc3cccc(NC(=O)c4cccc(F)c4)c3)CC2=O)c1C. The molecular formula is C27H26FN3O3. The van der Waals surface area contributed by atoms with Gasteiger partial charge >= 0.3 is 0 Å². The molecule has 3 aromatic rings. The van der Waals surface area contributed by atoms with E-state index in [1.807, 2.05) is 38.1 Å². The fourth-order valence-corrected chi connectivity index (χ4v) is 4.07. The Kier molecular flexibility index (Phi) is 6.72. The van der Waals surface area contributed by atoms with Crippen molar-refractivity contribution in [3.8, 4) is 0 Å². The molecule has 0 aliphatic carbocycles. The second kappa shape index (κ2) is 9.87. The molecule has 1 unspecified atom stereocenters. The van der Waals surface area contributed by atoms with Gasteiger partial charge in [0.05, 0.1) is 5.92 Å². The number of anilines is 2. The van der Waals surface area contributed by atoms with Gasteiger partial charge < -0.3 is 15.5 Å². The molecule has 174 valence electrons. The van der Waals surface area contributed by atoms with E-state index < -0.39 is 17.6 Å². The summed E-state index contributed by atoms with van der Waals surface area (Å²) >= 11 is 0. The van der Waals surface area contributed by atoms with Gasteiger partial charge in [-0.25, -0.2) is 4.39 Å². The highest BCUT2D eigenvalue weighted by Crippen LogP contribution is 2.29. The summed E-state index contributed by atoms with van der Waals surface area (Å²) in [6, 6.07) is 18.4. The summed E-state index contributed by atoms with van der Waals surface area (Å²) in [5, 5.41) is 5.64. The Morgan fingerprint density at radius 2 is 1.79 bits per heavy atom. The minimum absolute atomic E-state index is 0.0593. The molecule has 0 radical (unpaired) electrons. The van der Waals surface area contributed by atoms with E-state index in [1.54, 1.807) is 23.1 Å². The van der Waals surface area contributed by atoms with E-state index in [0.29, 0.717) is 12.2 Å². The van der Waals surface area contributed by atoms with Crippen molar-refractivity contribution in [1.29, 1.82) is 0 Å². The van der Waals surface area contributed by atoms with Crippen molar-refractivity contribution < 1.29 is 18.8 Å². The molecule has 1 saturated heterocycles. The van der Waals surface area contributed by atoms with Gasteiger partial charge in [-0.3, -0.25) is 14.4 Å². The zero-order valence-corrected chi connectivity index (χ0v) is 19.1. The lowest BCUT2D eigenvalue weighted by atomic mass is 10.1. The topological polar surface area (TPSA) is 78.5 Å². The lowest BCUT2D eigenvalue weighted by Crippen LogP contribution is -2.32. The summed E-state index contributed by atoms with van der Waals surface area (Å²) in [6.07, 6.45) is 0.170. The molecule has 6 nitrogen and oxygen atoms in total. The second-order valence-corrected chi connectivity index (χ2v) is 8.51. The highest BCUT2D eigenvalue weighted by atomic mass is 19.1. The minimum atomic E-state index is -0.481. The molecule has 0 spiro atoms. The van der Waals surface area contributed by atoms with Crippen LogP contribution in [0.1, 0.15) is 33.5 Å². The number of halogens is 1. The largest absolute Gasteiger partial charge is 0.352 e. The fraction of sp³-hybridized carbons (Fsp3) is 0.222. The van der Waals surface area contributed by atoms with E-state index in [1.165, 1.54) is 24.3 Å². The number of aryl methyl sites for hydroxylation is 1. The normalized spacial score (nSPS) is 15.3. The van der Waals surface area contributed by atoms with Crippen molar-refractivity contribution in [3.05, 3.63) is 94.8 Å². The van der Waals surface area contributed by atoms with Gasteiger partial charge in [-0.1, -0.05) is 30.3 Å². The van der Waals surface area contributed by atoms with Crippen LogP contribution in [0.25, 0.3) is 0 Å². The van der Waals surface area contributed by atoms with Gasteiger partial charge in [0, 0.05) is 36.4 Å². The highest BCUT2D eigenvalue weighted by Gasteiger charge is 2.35. The van der Waals surface area contributed by atoms with Crippen LogP contribution in [0.5, 0.6) is 0 Å². The van der Waals surface area contributed by atoms with E-state index in [9.17, 15) is 18.8 Å². The van der Waals surface area contributed by atoms with Crippen LogP contribution in [0.2, 0.25) is 0 Å². The van der Waals surface area contributed by atoms with Crippen LogP contribution < -0.4 is 15.5 Å². The van der Waals surface area contributed by atoms with E-state index in [4.69, 9.17) is 0 Å². The Bertz CT molecular complexity index is 1260. The van der Waals surface area contributed by atoms with Crippen molar-refractivity contribution in [2.45, 2.75) is 26.8 Å². The Hall–Kier alpha value is -4.00. The maximum atomic E-state index is 13.4. The Morgan fingerprint density at radius 1 is 1.03 bits per heavy atom. The first-order valence-electron chi connectivity index (χ1n) is 11.1. The third-order valence-electron chi connectivity index (χ3n) is 6.10. The molecule has 1 fully saturated rings. The molecule has 34 heavy (non-hydrogen) atoms. The lowest BCUT2D eigenvalue weighted by molar-refractivity contribution is -0.126. The summed E-state index contributed by atoms with van der Waals surface area (Å²) in [7, 11) is 0. The monoisotopic (exact) mass is 459 g/mol. The highest BCUT2D eigenvalue weighted by molar-refractivity contribution is 6.04. The average Bonchev–Trinajstić information content (AvgIpc) is 3.21. The van der Waals surface area contributed by atoms with E-state index in [0.717, 1.165) is 22.4 Å². The quantitative estimate of drug-likeness (QED) is 0.575. The molecule has 1 aliphatic heterocycles. The van der Waals surface area contributed by atoms with Crippen molar-refractivity contribution >= 4 is 29.1 Å². The molecule has 0 aromatic heterocycles. The summed E-state index contributed by atoms with van der Waals surface area (Å²) in [5.74, 6) is -1.57. The summed E-state index contributed by atoms with van der Waals surface area (Å²) in [5.41, 5.74) is 4.54. The van der Waals surface area contributed by atoms with Crippen LogP contribution in [0.4, 0.5) is 15.8 Å². The molecule has 7 heteroatoms. The van der Waals surface area contributed by atoms with Crippen LogP contribution in [-0.4, -0.2) is 24.3 Å². The van der Waals surface area contributed by atoms with Crippen LogP contribution in [0.15, 0.2) is 66.7 Å². The molecule has 1 heterocycles. The number of hydrogen-bond acceptors (Lipinski definition) is 3. The van der Waals surface area contributed by atoms with Gasteiger partial charge in [0.25, 0.3) is 5.91 Å². The first-order chi connectivity index (χ1) is 16.3. The smallest absolute Gasteiger partial charge is 0.255 e. The van der Waals surface area contributed by atoms with E-state index in [-0.39, 0.29) is 30.3 Å². The standard InChI is InChI=1S/C27H26FN3O3/c1-17-6-3-11-24(18(17)2)31-16-21(14-25(31)32)26(33)29-15-19-7-4-10-23(12-19)30-27(34)20-8-5-9-22(28)13-20/h3-13,21H,14-16H2,1-2H3,(H,29,33)(H,30,34). The van der Waals surface area contributed by atoms with Crippen LogP contribution in [0.3, 0.4) is 0 Å². The molecule has 2 N–H and O–H groups in total. The number of carbonyl (C=O) groups excluding carboxylic acids is 3. The van der Waals surface area contributed by atoms with Gasteiger partial charge in [0.1, 0.15) is 5.82 Å². The van der Waals surface area contributed by atoms with E-state index >= 15 is 0 Å². The van der Waals surface area contributed by atoms with Crippen molar-refractivity contribution in [2.75, 3.05) is 16.8 Å². The second-order valence-electron chi connectivity index (χ2n) is 8.51. The Labute approximate surface area is 197 Å². The third-order valence-corrected chi connectivity index (χ3v) is 6.10. The maximum Gasteiger partial charge on any atom is 0.255 e. The average molecular weight is 460 g/mol. The zero-order valence-electron chi connectivity index (χ0n) is 19.1. The number of carbonyl (C=O) groups is 3. The summed E-state index contributed by atoms with van der Waals surface area (Å²) in [4.78, 5) is 39.4. The first kappa shape index (κ1) is 23.2. The first-order valence-corrected chi connectivity index (χ1v) is 11.1. The zero-order chi connectivity index (χ0) is 24.2. The van der Waals surface area contributed by atoms with Gasteiger partial charge in [-0.05, 0) is 66.9 Å². The molecular weight excluding hydrogens is 433 g/mol. The van der Waals surface area contributed by atoms with Crippen molar-refractivity contribution in [3.63, 3.8) is 0 Å². The number of hydrogen-bond donors (Lipinski definition) is 2. The number of rotatable bonds is 6. The number of nitrogens with one attached hydrogen (secondary N) is 2. The lowest BCUT2D eigenvalue weighted by Gasteiger charge is -2.20. The van der Waals surface area contributed by atoms with Crippen LogP contribution in [0, 0.1) is 25.6 Å². The molecule has 1 aliphatic rings. The molecule has 3 aromatic carbocycles. The molecule has 4 rings (SSSR count). The maximum absolute atomic E-state index is 13.4. The van der Waals surface area contributed by atoms with Crippen LogP contribution in [-0.2, 0) is 16.1 Å². The van der Waals surface area contributed by atoms with Gasteiger partial charge in [-0.2, -0.15) is 0 Å². The van der Waals surface area contributed by atoms with Gasteiger partial charge in [-0.15, -0.1) is 0 Å². The number of amides is 3. The van der Waals surface area contributed by atoms with Gasteiger partial charge in [0.2, 0.25) is 11.8 Å². The number of nitrogens with zero attached hydrogens (tertiary/aromatic N) is 1.